The third kappa shape index (κ3) is 23.3. The van der Waals surface area contributed by atoms with Crippen LogP contribution < -0.4 is 14.9 Å². The van der Waals surface area contributed by atoms with Gasteiger partial charge < -0.3 is 57.4 Å². The number of benzene rings is 2. The Morgan fingerprint density at radius 3 is 1.35 bits per heavy atom. The predicted molar refractivity (Wildman–Crippen MR) is 452 cm³/mol. The standard InChI is InChI=1S/C32H40ClN5O6SSi.C30H41BClN3O7Si.C8H11BrN2OS.C6H5Br2N/c1-45(2,40)34-16-22-7-6-8-24(35-22)20-9-11-21(12-10-20)28-23(33)15-25-31(37-28)38(19-41-13-14-46(3,4)5)32(36-25)44-27-18-43-29-26(39)17-42-30(27)29;1-29(2)30(3,4)42-31(41-29)19-10-8-18(9-11-19)24-20(32)14-21-27(34-24)35(17-37-12-13-43(5,6)7)28(33-21)40-23-16-39-25-22(36)15-38-26(23)25;1-13(2,12)10-6-7-4-3-5-8(9)11-7;7-4-5-2-1-3-6(8)9-5/h6-12,15,26-27,29-30,39H,13-14,16-19H2,1-5H3;8-11,14,22-23,25-26,36H,12-13,15-17H2,1-7H3;3-5H,6H2,1-2H3;1-3H,4H2/t26-,27-,29-,30-;22-,23-,25-,26-;;/m11../s1. The second-order valence-electron chi connectivity index (χ2n) is 31.6. The van der Waals surface area contributed by atoms with Gasteiger partial charge in [-0.25, -0.2) is 28.7 Å². The van der Waals surface area contributed by atoms with E-state index in [1.165, 1.54) is 0 Å². The van der Waals surface area contributed by atoms with Crippen LogP contribution in [0.1, 0.15) is 44.8 Å². The van der Waals surface area contributed by atoms with Gasteiger partial charge in [0, 0.05) is 95.9 Å². The van der Waals surface area contributed by atoms with Crippen molar-refractivity contribution in [2.45, 2.75) is 171 Å². The van der Waals surface area contributed by atoms with E-state index >= 15 is 0 Å². The van der Waals surface area contributed by atoms with E-state index in [0.29, 0.717) is 88.7 Å². The number of hydrogen-bond donors (Lipinski definition) is 2. The number of imidazole rings is 2. The maximum atomic E-state index is 12.0. The first-order valence-electron chi connectivity index (χ1n) is 36.4. The predicted octanol–water partition coefficient (Wildman–Crippen LogP) is 14.3. The fraction of sp³-hybridized carbons (Fsp3) is 0.487. The van der Waals surface area contributed by atoms with Crippen LogP contribution in [0.15, 0.2) is 133 Å². The van der Waals surface area contributed by atoms with E-state index in [-0.39, 0.29) is 45.5 Å². The topological polar surface area (TPSA) is 292 Å². The molecular weight excluding hydrogens is 1730 g/mol. The molecule has 0 spiro atoms. The molecule has 7 aromatic heterocycles. The molecule has 598 valence electrons. The summed E-state index contributed by atoms with van der Waals surface area (Å²) in [5, 5.41) is 22.1. The van der Waals surface area contributed by atoms with E-state index in [1.54, 1.807) is 37.2 Å². The van der Waals surface area contributed by atoms with Gasteiger partial charge in [0.2, 0.25) is 0 Å². The smallest absolute Gasteiger partial charge is 0.456 e. The van der Waals surface area contributed by atoms with Crippen LogP contribution in [-0.2, 0) is 89.1 Å². The Morgan fingerprint density at radius 2 is 0.937 bits per heavy atom. The lowest BCUT2D eigenvalue weighted by molar-refractivity contribution is 0.00332. The molecule has 2 aromatic carbocycles. The molecule has 8 atom stereocenters. The Balaban J connectivity index is 0.000000173. The zero-order chi connectivity index (χ0) is 80.0. The molecule has 0 bridgehead atoms. The number of halogens is 5. The van der Waals surface area contributed by atoms with E-state index in [9.17, 15) is 18.6 Å². The van der Waals surface area contributed by atoms with Crippen molar-refractivity contribution in [3.8, 4) is 45.8 Å². The fourth-order valence-corrected chi connectivity index (χ4v) is 16.0. The molecule has 0 aliphatic carbocycles. The Morgan fingerprint density at radius 1 is 0.541 bits per heavy atom. The summed E-state index contributed by atoms with van der Waals surface area (Å²) in [6, 6.07) is 39.3. The van der Waals surface area contributed by atoms with Gasteiger partial charge in [-0.3, -0.25) is 22.5 Å². The normalized spacial score (nSPS) is 21.3. The molecule has 0 unspecified atom stereocenters. The summed E-state index contributed by atoms with van der Waals surface area (Å²) in [5.41, 5.74) is 9.66. The second kappa shape index (κ2) is 36.9. The van der Waals surface area contributed by atoms with E-state index in [2.05, 4.69) is 106 Å². The molecule has 0 amide bonds. The summed E-state index contributed by atoms with van der Waals surface area (Å²) in [5.74, 6) is 0. The van der Waals surface area contributed by atoms with Crippen molar-refractivity contribution in [1.82, 2.24) is 44.0 Å². The summed E-state index contributed by atoms with van der Waals surface area (Å²) < 4.78 is 97.3. The average Bonchev–Trinajstić information content (AvgIpc) is 1.63. The lowest BCUT2D eigenvalue weighted by Crippen LogP contribution is -2.41. The quantitative estimate of drug-likeness (QED) is 0.0260. The first-order valence-corrected chi connectivity index (χ1v) is 51.9. The zero-order valence-electron chi connectivity index (χ0n) is 64.8. The second-order valence-corrected chi connectivity index (χ2v) is 51.1. The Hall–Kier alpha value is -5.25. The van der Waals surface area contributed by atoms with Crippen LogP contribution >= 0.6 is 71.0 Å². The number of aliphatic hydroxyl groups is 2. The van der Waals surface area contributed by atoms with Crippen molar-refractivity contribution in [1.29, 1.82) is 0 Å². The minimum atomic E-state index is -2.21. The Labute approximate surface area is 687 Å². The summed E-state index contributed by atoms with van der Waals surface area (Å²) in [6.07, 6.45) is 2.69. The lowest BCUT2D eigenvalue weighted by Gasteiger charge is -2.32. The average molecular weight is 1830 g/mol. The number of nitrogens with zero attached hydrogens (tertiary/aromatic N) is 11. The number of ether oxygens (including phenoxy) is 8. The fourth-order valence-electron chi connectivity index (χ4n) is 12.1. The summed E-state index contributed by atoms with van der Waals surface area (Å²) in [6.45, 7) is 25.4. The molecule has 12 heterocycles. The number of hydrogen-bond acceptors (Lipinski definition) is 23. The molecule has 0 saturated carbocycles. The molecule has 9 aromatic rings. The molecule has 14 rings (SSSR count). The van der Waals surface area contributed by atoms with Crippen LogP contribution in [0.4, 0.5) is 0 Å². The first-order chi connectivity index (χ1) is 52.4. The molecule has 35 heteroatoms. The van der Waals surface area contributed by atoms with Gasteiger partial charge in [0.05, 0.1) is 94.9 Å². The molecule has 5 fully saturated rings. The first kappa shape index (κ1) is 86.6. The van der Waals surface area contributed by atoms with Gasteiger partial charge >= 0.3 is 19.1 Å². The highest BCUT2D eigenvalue weighted by molar-refractivity contribution is 9.10. The molecule has 111 heavy (non-hydrogen) atoms. The van der Waals surface area contributed by atoms with Gasteiger partial charge in [-0.2, -0.15) is 9.97 Å². The van der Waals surface area contributed by atoms with E-state index in [4.69, 9.17) is 95.3 Å². The Kier molecular flexibility index (Phi) is 28.8. The molecule has 5 aliphatic heterocycles. The summed E-state index contributed by atoms with van der Waals surface area (Å²) in [4.78, 5) is 32.5. The highest BCUT2D eigenvalue weighted by Gasteiger charge is 2.53. The number of aromatic nitrogens is 9. The van der Waals surface area contributed by atoms with Crippen molar-refractivity contribution in [3.05, 3.63) is 152 Å². The number of aliphatic hydroxyl groups excluding tert-OH is 2. The van der Waals surface area contributed by atoms with Crippen molar-refractivity contribution >= 4 is 142 Å². The highest BCUT2D eigenvalue weighted by Crippen LogP contribution is 2.40. The molecule has 5 aliphatic rings. The summed E-state index contributed by atoms with van der Waals surface area (Å²) >= 11 is 23.4. The van der Waals surface area contributed by atoms with Gasteiger partial charge in [0.15, 0.2) is 23.5 Å². The van der Waals surface area contributed by atoms with Gasteiger partial charge in [-0.1, -0.05) is 145 Å². The molecule has 0 radical (unpaired) electrons. The van der Waals surface area contributed by atoms with Crippen LogP contribution in [0.2, 0.25) is 61.4 Å². The van der Waals surface area contributed by atoms with Crippen LogP contribution in [0.3, 0.4) is 0 Å². The van der Waals surface area contributed by atoms with Gasteiger partial charge in [0.25, 0.3) is 0 Å². The zero-order valence-corrected chi connectivity index (χ0v) is 74.7. The summed E-state index contributed by atoms with van der Waals surface area (Å²) in [7, 11) is -7.25. The minimum absolute atomic E-state index is 0.202. The van der Waals surface area contributed by atoms with Gasteiger partial charge in [0.1, 0.15) is 70.3 Å². The van der Waals surface area contributed by atoms with Crippen molar-refractivity contribution in [2.24, 2.45) is 8.73 Å². The van der Waals surface area contributed by atoms with E-state index in [0.717, 1.165) is 71.6 Å². The SMILES string of the molecule is BrCc1cccc(Br)n1.CC1(C)OB(c2ccc(-c3nc4c(cc3Cl)nc(O[C@@H]3CO[C@H]5[C@@H]3OC[C@H]5O)n4COCC[Si](C)(C)C)cc2)OC1(C)C.CS(C)(=O)=NCc1cccc(Br)n1.C[Si](C)(C)CCOCn1c(O[C@@H]2CO[C@H]3[C@@H]2OC[C@H]3O)nc2cc(Cl)c(-c3ccc(-c4cccc(CN=S(C)(C)=O)n4)cc3)nc21. The third-order valence-corrected chi connectivity index (χ3v) is 25.9. The van der Waals surface area contributed by atoms with Crippen molar-refractivity contribution < 1.29 is 65.8 Å². The van der Waals surface area contributed by atoms with E-state index in [1.807, 2.05) is 140 Å². The highest BCUT2D eigenvalue weighted by atomic mass is 79.9. The monoisotopic (exact) mass is 1830 g/mol. The molecule has 25 nitrogen and oxygen atoms in total. The molecular formula is C76H97BBr3Cl2N11O14S2Si2. The largest absolute Gasteiger partial charge is 0.494 e. The number of alkyl halides is 1. The number of rotatable bonds is 23. The third-order valence-electron chi connectivity index (χ3n) is 18.9. The number of pyridine rings is 5. The van der Waals surface area contributed by atoms with Crippen molar-refractivity contribution in [2.75, 3.05) is 64.7 Å². The minimum Gasteiger partial charge on any atom is -0.456 e. The Bertz CT molecular complexity index is 4960. The van der Waals surface area contributed by atoms with Crippen molar-refractivity contribution in [3.63, 3.8) is 0 Å². The lowest BCUT2D eigenvalue weighted by atomic mass is 9.79. The van der Waals surface area contributed by atoms with Gasteiger partial charge in [-0.05, 0) is 126 Å². The van der Waals surface area contributed by atoms with Crippen LogP contribution in [0.5, 0.6) is 12.0 Å². The van der Waals surface area contributed by atoms with Crippen LogP contribution in [-0.4, -0.2) is 211 Å². The molecule has 5 saturated heterocycles. The van der Waals surface area contributed by atoms with Gasteiger partial charge in [-0.15, -0.1) is 0 Å². The maximum Gasteiger partial charge on any atom is 0.494 e. The molecule has 2 N–H and O–H groups in total. The van der Waals surface area contributed by atoms with Crippen LogP contribution in [0, 0.1) is 0 Å². The van der Waals surface area contributed by atoms with Crippen LogP contribution in [0.25, 0.3) is 56.1 Å². The maximum absolute atomic E-state index is 12.0. The number of fused-ring (bicyclic) bond motifs is 4. The van der Waals surface area contributed by atoms with E-state index < -0.39 is 90.6 Å².